The first-order chi connectivity index (χ1) is 11.1. The molecule has 0 heterocycles. The van der Waals surface area contributed by atoms with Gasteiger partial charge in [0.2, 0.25) is 11.8 Å². The van der Waals surface area contributed by atoms with E-state index in [0.717, 1.165) is 11.1 Å². The van der Waals surface area contributed by atoms with E-state index in [0.29, 0.717) is 17.8 Å². The molecule has 5 nitrogen and oxygen atoms in total. The maximum absolute atomic E-state index is 11.9. The molecule has 0 bridgehead atoms. The normalized spacial score (nSPS) is 9.74. The van der Waals surface area contributed by atoms with Gasteiger partial charge in [0.25, 0.3) is 0 Å². The van der Waals surface area contributed by atoms with Crippen LogP contribution in [0.2, 0.25) is 0 Å². The van der Waals surface area contributed by atoms with Crippen LogP contribution in [-0.4, -0.2) is 11.8 Å². The fourth-order valence-electron chi connectivity index (χ4n) is 2.12. The fourth-order valence-corrected chi connectivity index (χ4v) is 2.12. The van der Waals surface area contributed by atoms with Crippen LogP contribution in [0.1, 0.15) is 23.1 Å². The van der Waals surface area contributed by atoms with Crippen LogP contribution in [0.5, 0.6) is 0 Å². The summed E-state index contributed by atoms with van der Waals surface area (Å²) in [6.07, 6.45) is -0.286. The fraction of sp³-hybridized carbons (Fsp3) is 0.167. The molecule has 0 saturated heterocycles. The zero-order valence-electron chi connectivity index (χ0n) is 12.8. The molecule has 0 radical (unpaired) electrons. The average Bonchev–Trinajstić information content (AvgIpc) is 2.53. The van der Waals surface area contributed by atoms with Crippen LogP contribution in [-0.2, 0) is 16.1 Å². The molecule has 0 aliphatic heterocycles. The number of hydrogen-bond donors (Lipinski definition) is 2. The van der Waals surface area contributed by atoms with Gasteiger partial charge in [-0.1, -0.05) is 42.0 Å². The first kappa shape index (κ1) is 16.2. The molecule has 2 aromatic rings. The average molecular weight is 307 g/mol. The maximum atomic E-state index is 11.9. The number of carbonyl (C=O) groups is 2. The molecule has 0 saturated carbocycles. The number of benzene rings is 2. The second kappa shape index (κ2) is 7.76. The van der Waals surface area contributed by atoms with Crippen molar-refractivity contribution in [2.75, 3.05) is 5.32 Å². The van der Waals surface area contributed by atoms with E-state index in [1.54, 1.807) is 24.3 Å². The van der Waals surface area contributed by atoms with Gasteiger partial charge in [0.1, 0.15) is 12.5 Å². The minimum Gasteiger partial charge on any atom is -0.352 e. The van der Waals surface area contributed by atoms with Gasteiger partial charge >= 0.3 is 0 Å². The Balaban J connectivity index is 1.85. The summed E-state index contributed by atoms with van der Waals surface area (Å²) in [4.78, 5) is 23.7. The second-order valence-corrected chi connectivity index (χ2v) is 5.15. The number of nitriles is 1. The molecule has 2 rings (SSSR count). The number of para-hydroxylation sites is 1. The Morgan fingerprint density at radius 2 is 1.87 bits per heavy atom. The first-order valence-corrected chi connectivity index (χ1v) is 7.19. The predicted molar refractivity (Wildman–Crippen MR) is 87.4 cm³/mol. The summed E-state index contributed by atoms with van der Waals surface area (Å²) >= 11 is 0. The van der Waals surface area contributed by atoms with Crippen molar-refractivity contribution in [2.45, 2.75) is 19.9 Å². The maximum Gasteiger partial charge on any atom is 0.233 e. The number of aryl methyl sites for hydroxylation is 1. The molecule has 2 aromatic carbocycles. The molecule has 0 unspecified atom stereocenters. The molecule has 116 valence electrons. The monoisotopic (exact) mass is 307 g/mol. The number of nitrogens with one attached hydrogen (secondary N) is 2. The molecule has 2 N–H and O–H groups in total. The van der Waals surface area contributed by atoms with Crippen LogP contribution >= 0.6 is 0 Å². The predicted octanol–water partition coefficient (Wildman–Crippen LogP) is 2.51. The van der Waals surface area contributed by atoms with Crippen molar-refractivity contribution >= 4 is 17.5 Å². The van der Waals surface area contributed by atoms with Gasteiger partial charge < -0.3 is 10.6 Å². The highest BCUT2D eigenvalue weighted by molar-refractivity contribution is 6.04. The summed E-state index contributed by atoms with van der Waals surface area (Å²) in [5.74, 6) is -0.812. The quantitative estimate of drug-likeness (QED) is 0.833. The largest absolute Gasteiger partial charge is 0.352 e. The molecule has 0 atom stereocenters. The lowest BCUT2D eigenvalue weighted by atomic mass is 10.1. The van der Waals surface area contributed by atoms with Crippen molar-refractivity contribution < 1.29 is 9.59 Å². The number of nitrogens with zero attached hydrogens (tertiary/aromatic N) is 1. The third kappa shape index (κ3) is 4.97. The second-order valence-electron chi connectivity index (χ2n) is 5.15. The van der Waals surface area contributed by atoms with Gasteiger partial charge in [0.05, 0.1) is 11.3 Å². The van der Waals surface area contributed by atoms with Crippen molar-refractivity contribution in [1.29, 1.82) is 5.26 Å². The van der Waals surface area contributed by atoms with E-state index in [4.69, 9.17) is 5.26 Å². The minimum atomic E-state index is -0.450. The lowest BCUT2D eigenvalue weighted by Gasteiger charge is -2.08. The van der Waals surface area contributed by atoms with Gasteiger partial charge in [0, 0.05) is 6.54 Å². The van der Waals surface area contributed by atoms with Gasteiger partial charge in [-0.25, -0.2) is 0 Å². The molecule has 5 heteroatoms. The van der Waals surface area contributed by atoms with Crippen molar-refractivity contribution in [2.24, 2.45) is 0 Å². The van der Waals surface area contributed by atoms with E-state index >= 15 is 0 Å². The zero-order chi connectivity index (χ0) is 16.7. The SMILES string of the molecule is Cc1cccc(CNC(=O)CC(=O)Nc2ccccc2C#N)c1. The third-order valence-corrected chi connectivity index (χ3v) is 3.21. The Morgan fingerprint density at radius 1 is 1.09 bits per heavy atom. The summed E-state index contributed by atoms with van der Waals surface area (Å²) in [6.45, 7) is 2.36. The number of amides is 2. The third-order valence-electron chi connectivity index (χ3n) is 3.21. The lowest BCUT2D eigenvalue weighted by Crippen LogP contribution is -2.27. The van der Waals surface area contributed by atoms with Crippen LogP contribution in [0.3, 0.4) is 0 Å². The van der Waals surface area contributed by atoms with E-state index in [9.17, 15) is 9.59 Å². The molecule has 23 heavy (non-hydrogen) atoms. The van der Waals surface area contributed by atoms with Crippen LogP contribution in [0.4, 0.5) is 5.69 Å². The number of carbonyl (C=O) groups excluding carboxylic acids is 2. The lowest BCUT2D eigenvalue weighted by molar-refractivity contribution is -0.126. The van der Waals surface area contributed by atoms with Gasteiger partial charge in [-0.15, -0.1) is 0 Å². The molecular weight excluding hydrogens is 290 g/mol. The van der Waals surface area contributed by atoms with E-state index in [2.05, 4.69) is 10.6 Å². The highest BCUT2D eigenvalue weighted by Crippen LogP contribution is 2.13. The summed E-state index contributed by atoms with van der Waals surface area (Å²) in [5, 5.41) is 14.2. The topological polar surface area (TPSA) is 82.0 Å². The number of anilines is 1. The smallest absolute Gasteiger partial charge is 0.233 e. The van der Waals surface area contributed by atoms with E-state index in [-0.39, 0.29) is 12.3 Å². The summed E-state index contributed by atoms with van der Waals surface area (Å²) in [7, 11) is 0. The Morgan fingerprint density at radius 3 is 2.61 bits per heavy atom. The van der Waals surface area contributed by atoms with Crippen molar-refractivity contribution in [3.63, 3.8) is 0 Å². The van der Waals surface area contributed by atoms with Crippen LogP contribution in [0, 0.1) is 18.3 Å². The number of rotatable bonds is 5. The molecule has 2 amide bonds. The number of hydrogen-bond acceptors (Lipinski definition) is 3. The van der Waals surface area contributed by atoms with Crippen molar-refractivity contribution in [1.82, 2.24) is 5.32 Å². The minimum absolute atomic E-state index is 0.286. The Hall–Kier alpha value is -3.13. The Bertz CT molecular complexity index is 763. The highest BCUT2D eigenvalue weighted by Gasteiger charge is 2.11. The zero-order valence-corrected chi connectivity index (χ0v) is 12.8. The molecule has 0 aliphatic carbocycles. The van der Waals surface area contributed by atoms with Gasteiger partial charge in [-0.3, -0.25) is 9.59 Å². The van der Waals surface area contributed by atoms with Gasteiger partial charge in [-0.2, -0.15) is 5.26 Å². The van der Waals surface area contributed by atoms with Crippen molar-refractivity contribution in [3.05, 3.63) is 65.2 Å². The summed E-state index contributed by atoms with van der Waals surface area (Å²) in [5.41, 5.74) is 2.86. The molecule has 0 spiro atoms. The van der Waals surface area contributed by atoms with E-state index in [1.165, 1.54) is 0 Å². The Kier molecular flexibility index (Phi) is 5.48. The summed E-state index contributed by atoms with van der Waals surface area (Å²) < 4.78 is 0. The van der Waals surface area contributed by atoms with Crippen LogP contribution in [0.25, 0.3) is 0 Å². The van der Waals surface area contributed by atoms with Crippen LogP contribution < -0.4 is 10.6 Å². The molecule has 0 fully saturated rings. The van der Waals surface area contributed by atoms with E-state index in [1.807, 2.05) is 37.3 Å². The standard InChI is InChI=1S/C18H17N3O2/c1-13-5-4-6-14(9-13)12-20-17(22)10-18(23)21-16-8-3-2-7-15(16)11-19/h2-9H,10,12H2,1H3,(H,20,22)(H,21,23). The van der Waals surface area contributed by atoms with Crippen LogP contribution in [0.15, 0.2) is 48.5 Å². The van der Waals surface area contributed by atoms with Crippen molar-refractivity contribution in [3.8, 4) is 6.07 Å². The first-order valence-electron chi connectivity index (χ1n) is 7.19. The van der Waals surface area contributed by atoms with Gasteiger partial charge in [-0.05, 0) is 24.6 Å². The Labute approximate surface area is 134 Å². The highest BCUT2D eigenvalue weighted by atomic mass is 16.2. The van der Waals surface area contributed by atoms with E-state index < -0.39 is 5.91 Å². The molecule has 0 aliphatic rings. The molecular formula is C18H17N3O2. The molecule has 0 aromatic heterocycles. The summed E-state index contributed by atoms with van der Waals surface area (Å²) in [6, 6.07) is 16.4. The van der Waals surface area contributed by atoms with Gasteiger partial charge in [0.15, 0.2) is 0 Å².